The van der Waals surface area contributed by atoms with E-state index in [4.69, 9.17) is 24.7 Å². The third kappa shape index (κ3) is 17.8. The molecule has 2 atom stereocenters. The van der Waals surface area contributed by atoms with Gasteiger partial charge >= 0.3 is 7.82 Å². The molecule has 0 aliphatic carbocycles. The molecular formula is C18H39O8P. The Morgan fingerprint density at radius 1 is 0.815 bits per heavy atom. The van der Waals surface area contributed by atoms with E-state index in [2.05, 4.69) is 16.1 Å². The quantitative estimate of drug-likeness (QED) is 0.110. The van der Waals surface area contributed by atoms with Crippen molar-refractivity contribution in [3.8, 4) is 0 Å². The lowest BCUT2D eigenvalue weighted by Crippen LogP contribution is -2.19. The van der Waals surface area contributed by atoms with Gasteiger partial charge in [0.2, 0.25) is 0 Å². The second-order valence-corrected chi connectivity index (χ2v) is 8.22. The molecule has 3 N–H and O–H groups in total. The van der Waals surface area contributed by atoms with E-state index in [0.717, 1.165) is 6.42 Å². The molecule has 0 aromatic carbocycles. The summed E-state index contributed by atoms with van der Waals surface area (Å²) in [5.41, 5.74) is 0. The summed E-state index contributed by atoms with van der Waals surface area (Å²) in [5.74, 6) is 0. The highest BCUT2D eigenvalue weighted by molar-refractivity contribution is 7.48. The Kier molecular flexibility index (Phi) is 19.2. The van der Waals surface area contributed by atoms with Gasteiger partial charge in [-0.15, -0.1) is 4.67 Å². The molecule has 0 heterocycles. The summed E-state index contributed by atoms with van der Waals surface area (Å²) < 4.78 is 30.5. The van der Waals surface area contributed by atoms with Gasteiger partial charge in [0.25, 0.3) is 0 Å². The van der Waals surface area contributed by atoms with Gasteiger partial charge in [-0.05, 0) is 12.8 Å². The number of ether oxygens (including phenoxy) is 1. The SMILES string of the molecule is CCCCCCCCCCCCOCCCOP(=O)(OO)OCC(O)CO. The number of phosphoric acid groups is 1. The summed E-state index contributed by atoms with van der Waals surface area (Å²) in [6.07, 6.45) is 12.0. The lowest BCUT2D eigenvalue weighted by molar-refractivity contribution is -0.168. The van der Waals surface area contributed by atoms with Crippen LogP contribution >= 0.6 is 7.82 Å². The fraction of sp³-hybridized carbons (Fsp3) is 1.00. The minimum absolute atomic E-state index is 0.0189. The van der Waals surface area contributed by atoms with Crippen LogP contribution in [0.1, 0.15) is 77.6 Å². The van der Waals surface area contributed by atoms with Crippen LogP contribution in [0.15, 0.2) is 0 Å². The summed E-state index contributed by atoms with van der Waals surface area (Å²) in [4.78, 5) is 0. The molecule has 0 rings (SSSR count). The van der Waals surface area contributed by atoms with E-state index in [9.17, 15) is 4.57 Å². The molecule has 0 saturated heterocycles. The van der Waals surface area contributed by atoms with Crippen LogP contribution in [0.2, 0.25) is 0 Å². The molecule has 0 aliphatic heterocycles. The molecule has 0 bridgehead atoms. The van der Waals surface area contributed by atoms with Crippen LogP contribution in [-0.2, 0) is 23.0 Å². The molecular weight excluding hydrogens is 375 g/mol. The Morgan fingerprint density at radius 3 is 1.93 bits per heavy atom. The molecule has 0 amide bonds. The maximum Gasteiger partial charge on any atom is 0.502 e. The fourth-order valence-corrected chi connectivity index (χ4v) is 3.32. The molecule has 0 aromatic rings. The van der Waals surface area contributed by atoms with E-state index >= 15 is 0 Å². The second kappa shape index (κ2) is 19.3. The molecule has 27 heavy (non-hydrogen) atoms. The van der Waals surface area contributed by atoms with Gasteiger partial charge in [-0.25, -0.2) is 9.82 Å². The van der Waals surface area contributed by atoms with Crippen molar-refractivity contribution >= 4 is 7.82 Å². The van der Waals surface area contributed by atoms with Gasteiger partial charge in [-0.3, -0.25) is 9.05 Å². The smallest absolute Gasteiger partial charge is 0.394 e. The fourth-order valence-electron chi connectivity index (χ4n) is 2.45. The van der Waals surface area contributed by atoms with E-state index in [-0.39, 0.29) is 6.61 Å². The van der Waals surface area contributed by atoms with Gasteiger partial charge in [0.15, 0.2) is 0 Å². The number of rotatable bonds is 21. The zero-order valence-corrected chi connectivity index (χ0v) is 17.6. The van der Waals surface area contributed by atoms with Gasteiger partial charge in [0.05, 0.1) is 19.8 Å². The Bertz CT molecular complexity index is 356. The number of hydrogen-bond acceptors (Lipinski definition) is 8. The van der Waals surface area contributed by atoms with Gasteiger partial charge in [-0.1, -0.05) is 64.7 Å². The number of aliphatic hydroxyl groups is 2. The summed E-state index contributed by atoms with van der Waals surface area (Å²) >= 11 is 0. The van der Waals surface area contributed by atoms with Crippen LogP contribution in [-0.4, -0.2) is 54.6 Å². The Hall–Kier alpha value is -0.0500. The van der Waals surface area contributed by atoms with Gasteiger partial charge in [-0.2, -0.15) is 0 Å². The van der Waals surface area contributed by atoms with Crippen LogP contribution in [0.3, 0.4) is 0 Å². The van der Waals surface area contributed by atoms with Crippen LogP contribution in [0, 0.1) is 0 Å². The highest BCUT2D eigenvalue weighted by Crippen LogP contribution is 2.48. The van der Waals surface area contributed by atoms with Gasteiger partial charge in [0, 0.05) is 13.2 Å². The molecule has 0 radical (unpaired) electrons. The van der Waals surface area contributed by atoms with Crippen molar-refractivity contribution in [2.24, 2.45) is 0 Å². The van der Waals surface area contributed by atoms with E-state index in [1.807, 2.05) is 0 Å². The van der Waals surface area contributed by atoms with E-state index in [0.29, 0.717) is 19.6 Å². The van der Waals surface area contributed by atoms with Crippen molar-refractivity contribution in [2.75, 3.05) is 33.0 Å². The minimum atomic E-state index is -4.12. The Morgan fingerprint density at radius 2 is 1.37 bits per heavy atom. The lowest BCUT2D eigenvalue weighted by atomic mass is 10.1. The summed E-state index contributed by atoms with van der Waals surface area (Å²) in [6, 6.07) is 0. The first-order chi connectivity index (χ1) is 13.1. The highest BCUT2D eigenvalue weighted by Gasteiger charge is 2.27. The van der Waals surface area contributed by atoms with Gasteiger partial charge < -0.3 is 14.9 Å². The summed E-state index contributed by atoms with van der Waals surface area (Å²) in [5, 5.41) is 26.4. The van der Waals surface area contributed by atoms with E-state index < -0.39 is 27.1 Å². The van der Waals surface area contributed by atoms with Gasteiger partial charge in [0.1, 0.15) is 6.10 Å². The van der Waals surface area contributed by atoms with Crippen LogP contribution in [0.25, 0.3) is 0 Å². The highest BCUT2D eigenvalue weighted by atomic mass is 31.2. The summed E-state index contributed by atoms with van der Waals surface area (Å²) in [7, 11) is -4.12. The van der Waals surface area contributed by atoms with Crippen molar-refractivity contribution in [1.82, 2.24) is 0 Å². The molecule has 0 aromatic heterocycles. The number of aliphatic hydroxyl groups excluding tert-OH is 2. The predicted octanol–water partition coefficient (Wildman–Crippen LogP) is 4.30. The van der Waals surface area contributed by atoms with E-state index in [1.54, 1.807) is 0 Å². The van der Waals surface area contributed by atoms with Crippen LogP contribution in [0.4, 0.5) is 0 Å². The molecule has 2 unspecified atom stereocenters. The molecule has 9 heteroatoms. The topological polar surface area (TPSA) is 115 Å². The molecule has 164 valence electrons. The average Bonchev–Trinajstić information content (AvgIpc) is 2.69. The number of phosphoric ester groups is 1. The minimum Gasteiger partial charge on any atom is -0.394 e. The zero-order chi connectivity index (χ0) is 20.2. The zero-order valence-electron chi connectivity index (χ0n) is 16.7. The standard InChI is InChI=1S/C18H39O8P/c1-2-3-4-5-6-7-8-9-10-11-13-23-14-12-15-24-27(22,26-21)25-17-18(20)16-19/h18-21H,2-17H2,1H3. The second-order valence-electron chi connectivity index (χ2n) is 6.64. The van der Waals surface area contributed by atoms with E-state index in [1.165, 1.54) is 57.8 Å². The lowest BCUT2D eigenvalue weighted by Gasteiger charge is -2.15. The first-order valence-electron chi connectivity index (χ1n) is 10.2. The molecule has 0 aliphatic rings. The molecule has 8 nitrogen and oxygen atoms in total. The first kappa shape index (κ1) is 27.0. The third-order valence-corrected chi connectivity index (χ3v) is 5.22. The maximum absolute atomic E-state index is 11.8. The van der Waals surface area contributed by atoms with Crippen molar-refractivity contribution in [3.63, 3.8) is 0 Å². The Labute approximate surface area is 163 Å². The van der Waals surface area contributed by atoms with Crippen LogP contribution in [0.5, 0.6) is 0 Å². The summed E-state index contributed by atoms with van der Waals surface area (Å²) in [6.45, 7) is 2.36. The van der Waals surface area contributed by atoms with Crippen molar-refractivity contribution in [1.29, 1.82) is 0 Å². The number of hydrogen-bond donors (Lipinski definition) is 3. The third-order valence-electron chi connectivity index (χ3n) is 4.06. The first-order valence-corrected chi connectivity index (χ1v) is 11.6. The Balaban J connectivity index is 3.39. The molecule has 0 saturated carbocycles. The maximum atomic E-state index is 11.8. The largest absolute Gasteiger partial charge is 0.502 e. The van der Waals surface area contributed by atoms with Crippen molar-refractivity contribution < 1.29 is 38.5 Å². The normalized spacial score (nSPS) is 15.0. The van der Waals surface area contributed by atoms with Crippen molar-refractivity contribution in [3.05, 3.63) is 0 Å². The molecule has 0 fully saturated rings. The van der Waals surface area contributed by atoms with Crippen molar-refractivity contribution in [2.45, 2.75) is 83.7 Å². The monoisotopic (exact) mass is 414 g/mol. The number of unbranched alkanes of at least 4 members (excludes halogenated alkanes) is 9. The molecule has 0 spiro atoms. The van der Waals surface area contributed by atoms with Crippen LogP contribution < -0.4 is 0 Å². The average molecular weight is 414 g/mol. The predicted molar refractivity (Wildman–Crippen MR) is 104 cm³/mol.